The van der Waals surface area contributed by atoms with Crippen LogP contribution in [0.3, 0.4) is 0 Å². The van der Waals surface area contributed by atoms with Crippen LogP contribution in [0.5, 0.6) is 0 Å². The number of fused-ring (bicyclic) bond motifs is 1. The number of thioether (sulfide) groups is 1. The van der Waals surface area contributed by atoms with Crippen molar-refractivity contribution in [1.82, 2.24) is 9.71 Å². The molecule has 114 valence electrons. The van der Waals surface area contributed by atoms with E-state index in [1.165, 1.54) is 0 Å². The number of halogens is 1. The van der Waals surface area contributed by atoms with Gasteiger partial charge >= 0.3 is 0 Å². The molecule has 0 saturated carbocycles. The Morgan fingerprint density at radius 1 is 1.33 bits per heavy atom. The lowest BCUT2D eigenvalue weighted by atomic mass is 10.2. The van der Waals surface area contributed by atoms with Gasteiger partial charge in [0.15, 0.2) is 0 Å². The maximum Gasteiger partial charge on any atom is 0.240 e. The zero-order valence-electron chi connectivity index (χ0n) is 11.8. The van der Waals surface area contributed by atoms with Gasteiger partial charge in [-0.25, -0.2) is 18.1 Å². The van der Waals surface area contributed by atoms with Crippen molar-refractivity contribution in [3.8, 4) is 0 Å². The van der Waals surface area contributed by atoms with E-state index < -0.39 is 10.0 Å². The van der Waals surface area contributed by atoms with Crippen molar-refractivity contribution >= 4 is 44.3 Å². The highest BCUT2D eigenvalue weighted by atomic mass is 35.5. The zero-order chi connectivity index (χ0) is 15.5. The average Bonchev–Trinajstić information content (AvgIpc) is 2.45. The van der Waals surface area contributed by atoms with Gasteiger partial charge in [-0.2, -0.15) is 11.8 Å². The van der Waals surface area contributed by atoms with Gasteiger partial charge in [0.2, 0.25) is 10.0 Å². The molecule has 1 N–H and O–H groups in total. The van der Waals surface area contributed by atoms with Gasteiger partial charge in [0.05, 0.1) is 10.4 Å². The topological polar surface area (TPSA) is 59.1 Å². The molecule has 1 atom stereocenters. The third-order valence-electron chi connectivity index (χ3n) is 3.01. The highest BCUT2D eigenvalue weighted by Gasteiger charge is 2.15. The molecule has 1 unspecified atom stereocenters. The number of pyridine rings is 1. The SMILES string of the molecule is CSCC(C)CNS(=O)(=O)c1ccc2nc(Cl)ccc2c1. The van der Waals surface area contributed by atoms with Gasteiger partial charge in [0, 0.05) is 11.9 Å². The fourth-order valence-corrected chi connectivity index (χ4v) is 3.97. The van der Waals surface area contributed by atoms with Gasteiger partial charge in [-0.15, -0.1) is 0 Å². The van der Waals surface area contributed by atoms with Gasteiger partial charge in [0.25, 0.3) is 0 Å². The van der Waals surface area contributed by atoms with Crippen molar-refractivity contribution in [2.45, 2.75) is 11.8 Å². The van der Waals surface area contributed by atoms with Crippen LogP contribution < -0.4 is 4.72 Å². The minimum absolute atomic E-state index is 0.246. The van der Waals surface area contributed by atoms with E-state index in [9.17, 15) is 8.42 Å². The smallest absolute Gasteiger partial charge is 0.236 e. The molecular weight excluding hydrogens is 328 g/mol. The van der Waals surface area contributed by atoms with Gasteiger partial charge < -0.3 is 0 Å². The van der Waals surface area contributed by atoms with Crippen LogP contribution in [0.2, 0.25) is 5.15 Å². The number of hydrogen-bond donors (Lipinski definition) is 1. The van der Waals surface area contributed by atoms with Crippen molar-refractivity contribution in [1.29, 1.82) is 0 Å². The lowest BCUT2D eigenvalue weighted by molar-refractivity contribution is 0.563. The molecule has 0 spiro atoms. The first-order valence-corrected chi connectivity index (χ1v) is 9.73. The van der Waals surface area contributed by atoms with E-state index in [-0.39, 0.29) is 10.8 Å². The summed E-state index contributed by atoms with van der Waals surface area (Å²) in [5.74, 6) is 1.21. The number of sulfonamides is 1. The van der Waals surface area contributed by atoms with Crippen LogP contribution in [0.25, 0.3) is 10.9 Å². The van der Waals surface area contributed by atoms with E-state index in [2.05, 4.69) is 9.71 Å². The number of nitrogens with one attached hydrogen (secondary N) is 1. The van der Waals surface area contributed by atoms with Crippen LogP contribution in [0.15, 0.2) is 35.2 Å². The molecule has 1 heterocycles. The first-order chi connectivity index (χ1) is 9.92. The van der Waals surface area contributed by atoms with Crippen LogP contribution >= 0.6 is 23.4 Å². The third kappa shape index (κ3) is 4.32. The molecule has 0 radical (unpaired) electrons. The number of rotatable bonds is 6. The van der Waals surface area contributed by atoms with Crippen LogP contribution in [-0.4, -0.2) is 32.0 Å². The molecular formula is C14H17ClN2O2S2. The van der Waals surface area contributed by atoms with Crippen LogP contribution in [0.4, 0.5) is 0 Å². The Morgan fingerprint density at radius 2 is 2.10 bits per heavy atom. The second kappa shape index (κ2) is 6.96. The lowest BCUT2D eigenvalue weighted by Gasteiger charge is -2.12. The van der Waals surface area contributed by atoms with Crippen molar-refractivity contribution in [2.75, 3.05) is 18.6 Å². The first kappa shape index (κ1) is 16.5. The summed E-state index contributed by atoms with van der Waals surface area (Å²) in [7, 11) is -3.50. The van der Waals surface area contributed by atoms with Crippen molar-refractivity contribution in [2.24, 2.45) is 5.92 Å². The second-order valence-corrected chi connectivity index (χ2v) is 7.97. The minimum Gasteiger partial charge on any atom is -0.236 e. The fourth-order valence-electron chi connectivity index (χ4n) is 1.92. The lowest BCUT2D eigenvalue weighted by Crippen LogP contribution is -2.29. The molecule has 7 heteroatoms. The standard InChI is InChI=1S/C14H17ClN2O2S2/c1-10(9-20-2)8-16-21(18,19)12-4-5-13-11(7-12)3-6-14(15)17-13/h3-7,10,16H,8-9H2,1-2H3. The molecule has 0 saturated heterocycles. The predicted molar refractivity (Wildman–Crippen MR) is 89.5 cm³/mol. The zero-order valence-corrected chi connectivity index (χ0v) is 14.2. The molecule has 2 rings (SSSR count). The highest BCUT2D eigenvalue weighted by Crippen LogP contribution is 2.20. The van der Waals surface area contributed by atoms with E-state index in [1.54, 1.807) is 42.1 Å². The molecule has 0 amide bonds. The molecule has 21 heavy (non-hydrogen) atoms. The molecule has 0 bridgehead atoms. The van der Waals surface area contributed by atoms with E-state index in [1.807, 2.05) is 13.2 Å². The normalized spacial score (nSPS) is 13.5. The number of aromatic nitrogens is 1. The largest absolute Gasteiger partial charge is 0.240 e. The maximum atomic E-state index is 12.3. The molecule has 0 fully saturated rings. The van der Waals surface area contributed by atoms with Crippen molar-refractivity contribution in [3.05, 3.63) is 35.5 Å². The van der Waals surface area contributed by atoms with Gasteiger partial charge in [0.1, 0.15) is 5.15 Å². The summed E-state index contributed by atoms with van der Waals surface area (Å²) < 4.78 is 27.2. The Bertz CT molecular complexity index is 735. The highest BCUT2D eigenvalue weighted by molar-refractivity contribution is 7.98. The molecule has 2 aromatic rings. The van der Waals surface area contributed by atoms with Crippen molar-refractivity contribution in [3.63, 3.8) is 0 Å². The summed E-state index contributed by atoms with van der Waals surface area (Å²) >= 11 is 7.52. The third-order valence-corrected chi connectivity index (χ3v) is 5.54. The Hall–Kier alpha value is -0.820. The summed E-state index contributed by atoms with van der Waals surface area (Å²) in [4.78, 5) is 4.39. The summed E-state index contributed by atoms with van der Waals surface area (Å²) in [5.41, 5.74) is 0.678. The van der Waals surface area contributed by atoms with E-state index in [4.69, 9.17) is 11.6 Å². The second-order valence-electron chi connectivity index (χ2n) is 4.90. The maximum absolute atomic E-state index is 12.3. The minimum atomic E-state index is -3.50. The summed E-state index contributed by atoms with van der Waals surface area (Å²) in [6.45, 7) is 2.45. The Morgan fingerprint density at radius 3 is 2.81 bits per heavy atom. The van der Waals surface area contributed by atoms with Gasteiger partial charge in [-0.1, -0.05) is 18.5 Å². The average molecular weight is 345 g/mol. The van der Waals surface area contributed by atoms with E-state index in [0.717, 1.165) is 11.1 Å². The number of benzene rings is 1. The van der Waals surface area contributed by atoms with Crippen LogP contribution in [-0.2, 0) is 10.0 Å². The Balaban J connectivity index is 2.22. The first-order valence-electron chi connectivity index (χ1n) is 6.47. The van der Waals surface area contributed by atoms with Gasteiger partial charge in [-0.05, 0) is 48.3 Å². The fraction of sp³-hybridized carbons (Fsp3) is 0.357. The molecule has 4 nitrogen and oxygen atoms in total. The molecule has 0 aliphatic rings. The van der Waals surface area contributed by atoms with E-state index in [0.29, 0.717) is 17.2 Å². The Kier molecular flexibility index (Phi) is 5.48. The van der Waals surface area contributed by atoms with Crippen molar-refractivity contribution < 1.29 is 8.42 Å². The quantitative estimate of drug-likeness (QED) is 0.818. The summed E-state index contributed by atoms with van der Waals surface area (Å²) in [5, 5.41) is 1.14. The number of nitrogens with zero attached hydrogens (tertiary/aromatic N) is 1. The predicted octanol–water partition coefficient (Wildman–Crippen LogP) is 3.17. The molecule has 0 aliphatic heterocycles. The summed E-state index contributed by atoms with van der Waals surface area (Å²) in [6, 6.07) is 8.24. The monoisotopic (exact) mass is 344 g/mol. The molecule has 1 aromatic carbocycles. The Labute approximate surface area is 134 Å². The number of hydrogen-bond acceptors (Lipinski definition) is 4. The van der Waals surface area contributed by atoms with Gasteiger partial charge in [-0.3, -0.25) is 0 Å². The molecule has 1 aromatic heterocycles. The van der Waals surface area contributed by atoms with Crippen LogP contribution in [0.1, 0.15) is 6.92 Å². The van der Waals surface area contributed by atoms with E-state index >= 15 is 0 Å². The van der Waals surface area contributed by atoms with Crippen LogP contribution in [0, 0.1) is 5.92 Å². The summed E-state index contributed by atoms with van der Waals surface area (Å²) in [6.07, 6.45) is 2.01. The molecule has 0 aliphatic carbocycles.